The lowest BCUT2D eigenvalue weighted by Crippen LogP contribution is -2.29. The van der Waals surface area contributed by atoms with Crippen LogP contribution in [0.4, 0.5) is 17.1 Å². The number of fused-ring (bicyclic) bond motifs is 12. The highest BCUT2D eigenvalue weighted by molar-refractivity contribution is 5.97. The molecule has 0 aromatic heterocycles. The summed E-state index contributed by atoms with van der Waals surface area (Å²) in [5.41, 5.74) is 18.6. The predicted octanol–water partition coefficient (Wildman–Crippen LogP) is 9.34. The van der Waals surface area contributed by atoms with E-state index in [9.17, 15) is 0 Å². The molecular formula is C41H32N2. The van der Waals surface area contributed by atoms with Crippen LogP contribution in [0.5, 0.6) is 0 Å². The Morgan fingerprint density at radius 2 is 1.14 bits per heavy atom. The zero-order valence-corrected chi connectivity index (χ0v) is 24.5. The number of nitrogens with zero attached hydrogens (tertiary/aromatic N) is 2. The lowest BCUT2D eigenvalue weighted by atomic mass is 9.70. The molecule has 0 fully saturated rings. The summed E-state index contributed by atoms with van der Waals surface area (Å²) in [7, 11) is 4.46. The summed E-state index contributed by atoms with van der Waals surface area (Å²) < 4.78 is 0. The first-order chi connectivity index (χ1) is 21.2. The van der Waals surface area contributed by atoms with Crippen LogP contribution in [0.15, 0.2) is 133 Å². The molecule has 0 amide bonds. The molecule has 1 spiro atoms. The van der Waals surface area contributed by atoms with Crippen LogP contribution in [-0.2, 0) is 18.4 Å². The van der Waals surface area contributed by atoms with Gasteiger partial charge in [0.15, 0.2) is 0 Å². The number of hydrogen-bond acceptors (Lipinski definition) is 2. The van der Waals surface area contributed by atoms with Gasteiger partial charge in [-0.1, -0.05) is 115 Å². The highest BCUT2D eigenvalue weighted by Gasteiger charge is 2.52. The van der Waals surface area contributed by atoms with Crippen molar-refractivity contribution in [1.29, 1.82) is 0 Å². The van der Waals surface area contributed by atoms with Crippen LogP contribution in [0.1, 0.15) is 38.9 Å². The van der Waals surface area contributed by atoms with Gasteiger partial charge in [0.25, 0.3) is 0 Å². The largest absolute Gasteiger partial charge is 0.370 e. The number of para-hydroxylation sites is 1. The summed E-state index contributed by atoms with van der Waals surface area (Å²) in [6.07, 6.45) is 0.984. The average Bonchev–Trinajstić information content (AvgIpc) is 3.53. The normalized spacial score (nSPS) is 14.4. The Morgan fingerprint density at radius 3 is 1.84 bits per heavy atom. The molecular weight excluding hydrogens is 520 g/mol. The topological polar surface area (TPSA) is 6.48 Å². The summed E-state index contributed by atoms with van der Waals surface area (Å²) >= 11 is 0. The number of rotatable bonds is 3. The maximum atomic E-state index is 2.47. The molecule has 0 radical (unpaired) electrons. The van der Waals surface area contributed by atoms with Crippen LogP contribution >= 0.6 is 0 Å². The minimum absolute atomic E-state index is 0.344. The zero-order valence-electron chi connectivity index (χ0n) is 24.5. The van der Waals surface area contributed by atoms with Crippen molar-refractivity contribution in [2.75, 3.05) is 23.9 Å². The molecule has 6 aromatic rings. The van der Waals surface area contributed by atoms with Gasteiger partial charge in [0.2, 0.25) is 0 Å². The fourth-order valence-corrected chi connectivity index (χ4v) is 8.30. The van der Waals surface area contributed by atoms with Crippen LogP contribution in [0.25, 0.3) is 22.3 Å². The molecule has 2 nitrogen and oxygen atoms in total. The van der Waals surface area contributed by atoms with E-state index < -0.39 is 0 Å². The minimum Gasteiger partial charge on any atom is -0.370 e. The van der Waals surface area contributed by atoms with E-state index >= 15 is 0 Å². The summed E-state index contributed by atoms with van der Waals surface area (Å²) in [6.45, 7) is 0.828. The minimum atomic E-state index is -0.344. The second-order valence-corrected chi connectivity index (χ2v) is 12.3. The molecule has 0 saturated carbocycles. The maximum Gasteiger partial charge on any atom is 0.0745 e. The molecule has 0 atom stereocenters. The smallest absolute Gasteiger partial charge is 0.0745 e. The van der Waals surface area contributed by atoms with E-state index in [-0.39, 0.29) is 5.41 Å². The van der Waals surface area contributed by atoms with E-state index in [0.717, 1.165) is 13.0 Å². The van der Waals surface area contributed by atoms with E-state index in [4.69, 9.17) is 0 Å². The molecule has 1 aliphatic heterocycles. The molecule has 43 heavy (non-hydrogen) atoms. The van der Waals surface area contributed by atoms with E-state index in [1.807, 2.05) is 0 Å². The monoisotopic (exact) mass is 552 g/mol. The summed E-state index contributed by atoms with van der Waals surface area (Å²) in [4.78, 5) is 4.82. The molecule has 9 rings (SSSR count). The van der Waals surface area contributed by atoms with Gasteiger partial charge in [-0.05, 0) is 73.8 Å². The maximum absolute atomic E-state index is 2.47. The van der Waals surface area contributed by atoms with Gasteiger partial charge in [-0.25, -0.2) is 0 Å². The van der Waals surface area contributed by atoms with Crippen molar-refractivity contribution in [3.05, 3.63) is 172 Å². The van der Waals surface area contributed by atoms with Crippen molar-refractivity contribution in [2.45, 2.75) is 18.4 Å². The third kappa shape index (κ3) is 3.24. The first kappa shape index (κ1) is 24.5. The van der Waals surface area contributed by atoms with Crippen molar-refractivity contribution >= 4 is 17.1 Å². The van der Waals surface area contributed by atoms with Gasteiger partial charge in [0.05, 0.1) is 5.41 Å². The van der Waals surface area contributed by atoms with Crippen LogP contribution in [0.3, 0.4) is 0 Å². The first-order valence-corrected chi connectivity index (χ1v) is 15.2. The molecule has 0 bridgehead atoms. The molecule has 206 valence electrons. The molecule has 0 saturated heterocycles. The Bertz CT molecular complexity index is 2020. The Balaban J connectivity index is 1.20. The highest BCUT2D eigenvalue weighted by atomic mass is 15.1. The Kier molecular flexibility index (Phi) is 5.11. The van der Waals surface area contributed by atoms with Gasteiger partial charge in [0.1, 0.15) is 0 Å². The molecule has 0 unspecified atom stereocenters. The number of anilines is 3. The summed E-state index contributed by atoms with van der Waals surface area (Å²) in [5, 5.41) is 0. The van der Waals surface area contributed by atoms with Crippen molar-refractivity contribution in [3.8, 4) is 22.3 Å². The van der Waals surface area contributed by atoms with Gasteiger partial charge in [0, 0.05) is 49.7 Å². The van der Waals surface area contributed by atoms with Crippen molar-refractivity contribution in [2.24, 2.45) is 0 Å². The second kappa shape index (κ2) is 8.96. The molecule has 0 N–H and O–H groups in total. The van der Waals surface area contributed by atoms with Gasteiger partial charge in [-0.2, -0.15) is 0 Å². The van der Waals surface area contributed by atoms with Gasteiger partial charge in [-0.3, -0.25) is 0 Å². The van der Waals surface area contributed by atoms with Gasteiger partial charge >= 0.3 is 0 Å². The lowest BCUT2D eigenvalue weighted by molar-refractivity contribution is 0.781. The number of hydrogen-bond donors (Lipinski definition) is 0. The third-order valence-electron chi connectivity index (χ3n) is 10.1. The average molecular weight is 553 g/mol. The van der Waals surface area contributed by atoms with Gasteiger partial charge in [-0.15, -0.1) is 0 Å². The summed E-state index contributed by atoms with van der Waals surface area (Å²) in [5.74, 6) is 0. The van der Waals surface area contributed by atoms with Crippen LogP contribution in [0.2, 0.25) is 0 Å². The standard InChI is InChI=1S/C41H32N2/c1-42(26-27-22-23-29-25-28-12-3-10-20-37(28)43(2)39(29)24-27)38-21-11-16-33-32-15-6-9-19-36(32)41(40(33)38)34-17-7-4-13-30(34)31-14-5-8-18-35(31)41/h3-24H,25-26H2,1-2H3. The number of benzene rings is 6. The lowest BCUT2D eigenvalue weighted by Gasteiger charge is -2.35. The Morgan fingerprint density at radius 1 is 0.581 bits per heavy atom. The van der Waals surface area contributed by atoms with Crippen molar-refractivity contribution < 1.29 is 0 Å². The molecule has 3 aliphatic rings. The van der Waals surface area contributed by atoms with E-state index in [1.165, 1.54) is 78.3 Å². The molecule has 6 aromatic carbocycles. The molecule has 2 heteroatoms. The fraction of sp³-hybridized carbons (Fsp3) is 0.122. The zero-order chi connectivity index (χ0) is 28.7. The van der Waals surface area contributed by atoms with Crippen LogP contribution in [0, 0.1) is 0 Å². The summed E-state index contributed by atoms with van der Waals surface area (Å²) in [6, 6.07) is 49.9. The van der Waals surface area contributed by atoms with Crippen LogP contribution in [-0.4, -0.2) is 14.1 Å². The van der Waals surface area contributed by atoms with E-state index in [1.54, 1.807) is 0 Å². The Labute approximate surface area is 253 Å². The third-order valence-corrected chi connectivity index (χ3v) is 10.1. The van der Waals surface area contributed by atoms with Crippen molar-refractivity contribution in [3.63, 3.8) is 0 Å². The predicted molar refractivity (Wildman–Crippen MR) is 179 cm³/mol. The fourth-order valence-electron chi connectivity index (χ4n) is 8.30. The first-order valence-electron chi connectivity index (χ1n) is 15.2. The Hall–Kier alpha value is -5.08. The quantitative estimate of drug-likeness (QED) is 0.215. The van der Waals surface area contributed by atoms with E-state index in [0.29, 0.717) is 0 Å². The SMILES string of the molecule is CN(Cc1ccc2c(c1)N(C)c1ccccc1C2)c1cccc2c1C1(c3ccccc3-c3ccccc31)c1ccccc1-2. The second-order valence-electron chi connectivity index (χ2n) is 12.3. The highest BCUT2D eigenvalue weighted by Crippen LogP contribution is 2.64. The van der Waals surface area contributed by atoms with E-state index in [2.05, 4.69) is 157 Å². The van der Waals surface area contributed by atoms with Crippen LogP contribution < -0.4 is 9.80 Å². The molecule has 2 aliphatic carbocycles. The van der Waals surface area contributed by atoms with Gasteiger partial charge < -0.3 is 9.80 Å². The van der Waals surface area contributed by atoms with Crippen molar-refractivity contribution in [1.82, 2.24) is 0 Å². The molecule has 1 heterocycles.